The number of rotatable bonds is 19. The molecule has 16 heteroatoms. The maximum Gasteiger partial charge on any atom is 0.407 e. The molecule has 1 amide bonds. The lowest BCUT2D eigenvalue weighted by atomic mass is 10.0. The lowest BCUT2D eigenvalue weighted by molar-refractivity contribution is -0.0907. The second-order valence-corrected chi connectivity index (χ2v) is 16.4. The van der Waals surface area contributed by atoms with Crippen molar-refractivity contribution in [3.05, 3.63) is 54.1 Å². The smallest absolute Gasteiger partial charge is 0.407 e. The summed E-state index contributed by atoms with van der Waals surface area (Å²) in [6.45, 7) is 6.35. The van der Waals surface area contributed by atoms with E-state index >= 15 is 0 Å². The first-order valence-corrected chi connectivity index (χ1v) is 19.7. The molecule has 2 aromatic rings. The van der Waals surface area contributed by atoms with Crippen LogP contribution in [0.25, 0.3) is 0 Å². The number of aliphatic hydroxyl groups excluding tert-OH is 1. The molecular weight excluding hydrogens is 679 g/mol. The standard InChI is InChI=1S/C33H49N2O12PS/c1-5-6-16-46-48(38,39)22-45-26-9-7-24(8-10-26)18-29(34-33(37)47-31-21-44-32-28(31)15-17-43-32)30(36)20-35(19-23(2)3)49(40,41)27-13-11-25(42-4)12-14-27/h7-14,23,28-32,36H,5-6,15-22H2,1-4H3,(H,34,37)(H,38,39)/t28-,29-,30+,31-,32+/m0/s1. The van der Waals surface area contributed by atoms with Gasteiger partial charge in [-0.3, -0.25) is 4.57 Å². The monoisotopic (exact) mass is 728 g/mol. The van der Waals surface area contributed by atoms with Gasteiger partial charge >= 0.3 is 13.7 Å². The first kappa shape index (κ1) is 39.0. The number of unbranched alkanes of at least 4 members (excludes halogenated alkanes) is 1. The minimum atomic E-state index is -4.04. The van der Waals surface area contributed by atoms with Crippen molar-refractivity contribution in [1.29, 1.82) is 0 Å². The molecule has 2 fully saturated rings. The van der Waals surface area contributed by atoms with E-state index < -0.39 is 54.6 Å². The number of fused-ring (bicyclic) bond motifs is 1. The maximum atomic E-state index is 13.8. The number of amides is 1. The van der Waals surface area contributed by atoms with Gasteiger partial charge in [-0.1, -0.05) is 39.3 Å². The number of carbonyl (C=O) groups is 1. The van der Waals surface area contributed by atoms with E-state index in [2.05, 4.69) is 5.32 Å². The number of benzene rings is 2. The third kappa shape index (κ3) is 11.4. The van der Waals surface area contributed by atoms with Gasteiger partial charge < -0.3 is 43.5 Å². The first-order valence-electron chi connectivity index (χ1n) is 16.5. The van der Waals surface area contributed by atoms with Crippen LogP contribution in [0.2, 0.25) is 0 Å². The van der Waals surface area contributed by atoms with E-state index in [1.807, 2.05) is 20.8 Å². The lowest BCUT2D eigenvalue weighted by Gasteiger charge is -2.31. The summed E-state index contributed by atoms with van der Waals surface area (Å²) in [4.78, 5) is 23.3. The zero-order chi connectivity index (χ0) is 35.6. The Hall–Kier alpha value is -2.75. The lowest BCUT2D eigenvalue weighted by Crippen LogP contribution is -2.51. The van der Waals surface area contributed by atoms with Crippen LogP contribution >= 0.6 is 7.60 Å². The molecule has 0 spiro atoms. The zero-order valence-electron chi connectivity index (χ0n) is 28.4. The van der Waals surface area contributed by atoms with Gasteiger partial charge in [0.1, 0.15) is 17.6 Å². The van der Waals surface area contributed by atoms with E-state index in [1.165, 1.54) is 23.5 Å². The first-order chi connectivity index (χ1) is 23.3. The van der Waals surface area contributed by atoms with Gasteiger partial charge in [-0.05, 0) is 67.1 Å². The predicted octanol–water partition coefficient (Wildman–Crippen LogP) is 4.14. The quantitative estimate of drug-likeness (QED) is 0.139. The van der Waals surface area contributed by atoms with E-state index in [0.29, 0.717) is 36.5 Å². The molecule has 0 radical (unpaired) electrons. The molecule has 4 rings (SSSR count). The summed E-state index contributed by atoms with van der Waals surface area (Å²) in [5.74, 6) is 0.663. The summed E-state index contributed by atoms with van der Waals surface area (Å²) in [5.41, 5.74) is 0.671. The number of methoxy groups -OCH3 is 1. The van der Waals surface area contributed by atoms with Crippen LogP contribution in [-0.4, -0.2) is 99.7 Å². The van der Waals surface area contributed by atoms with Crippen molar-refractivity contribution in [3.63, 3.8) is 0 Å². The highest BCUT2D eigenvalue weighted by Crippen LogP contribution is 2.42. The molecule has 3 N–H and O–H groups in total. The zero-order valence-corrected chi connectivity index (χ0v) is 30.1. The van der Waals surface area contributed by atoms with Crippen LogP contribution in [0.3, 0.4) is 0 Å². The molecular formula is C33H49N2O12PS. The average Bonchev–Trinajstić information content (AvgIpc) is 3.69. The van der Waals surface area contributed by atoms with E-state index in [9.17, 15) is 27.8 Å². The Morgan fingerprint density at radius 2 is 1.78 bits per heavy atom. The van der Waals surface area contributed by atoms with Gasteiger partial charge in [-0.25, -0.2) is 13.2 Å². The van der Waals surface area contributed by atoms with E-state index in [0.717, 1.165) is 6.42 Å². The maximum absolute atomic E-state index is 13.8. The van der Waals surface area contributed by atoms with Gasteiger partial charge in [0.15, 0.2) is 12.6 Å². The van der Waals surface area contributed by atoms with Crippen LogP contribution in [0, 0.1) is 11.8 Å². The Bertz CT molecular complexity index is 1490. The number of nitrogens with one attached hydrogen (secondary N) is 1. The fraction of sp³-hybridized carbons (Fsp3) is 0.606. The van der Waals surface area contributed by atoms with E-state index in [1.54, 1.807) is 36.4 Å². The van der Waals surface area contributed by atoms with Crippen LogP contribution in [0.5, 0.6) is 11.5 Å². The van der Waals surface area contributed by atoms with Crippen LogP contribution < -0.4 is 14.8 Å². The number of alkyl carbamates (subject to hydrolysis) is 1. The molecule has 2 saturated heterocycles. The fourth-order valence-electron chi connectivity index (χ4n) is 5.58. The molecule has 6 atom stereocenters. The van der Waals surface area contributed by atoms with Crippen molar-refractivity contribution in [2.24, 2.45) is 11.8 Å². The minimum absolute atomic E-state index is 0.0402. The number of nitrogens with zero attached hydrogens (tertiary/aromatic N) is 1. The van der Waals surface area contributed by atoms with E-state index in [-0.39, 0.29) is 49.5 Å². The Kier molecular flexibility index (Phi) is 14.3. The molecule has 0 bridgehead atoms. The van der Waals surface area contributed by atoms with Gasteiger partial charge in [0.2, 0.25) is 10.0 Å². The van der Waals surface area contributed by atoms with Crippen molar-refractivity contribution in [3.8, 4) is 11.5 Å². The third-order valence-corrected chi connectivity index (χ3v) is 11.1. The Labute approximate surface area is 288 Å². The normalized spacial score (nSPS) is 21.6. The topological polar surface area (TPSA) is 179 Å². The average molecular weight is 729 g/mol. The third-order valence-electron chi connectivity index (χ3n) is 8.23. The minimum Gasteiger partial charge on any atom is -0.497 e. The Balaban J connectivity index is 1.49. The molecule has 2 heterocycles. The highest BCUT2D eigenvalue weighted by Gasteiger charge is 2.44. The molecule has 2 aliphatic rings. The summed E-state index contributed by atoms with van der Waals surface area (Å²) < 4.78 is 73.5. The second kappa shape index (κ2) is 18.0. The van der Waals surface area contributed by atoms with E-state index in [4.69, 9.17) is 28.2 Å². The Morgan fingerprint density at radius 1 is 1.08 bits per heavy atom. The SMILES string of the molecule is CCCCOP(=O)(O)COc1ccc(C[C@H](NC(=O)O[C@H]2CO[C@H]3OCC[C@H]32)[C@H](O)CN(CC(C)C)S(=O)(=O)c2ccc(OC)cc2)cc1. The number of sulfonamides is 1. The molecule has 2 aromatic carbocycles. The van der Waals surface area contributed by atoms with Crippen molar-refractivity contribution in [2.45, 2.75) is 75.9 Å². The molecule has 2 aliphatic heterocycles. The van der Waals surface area contributed by atoms with Gasteiger partial charge in [0, 0.05) is 13.1 Å². The molecule has 0 aromatic heterocycles. The number of hydrogen-bond acceptors (Lipinski definition) is 11. The highest BCUT2D eigenvalue weighted by molar-refractivity contribution is 7.89. The molecule has 0 aliphatic carbocycles. The van der Waals surface area contributed by atoms with Gasteiger partial charge in [-0.15, -0.1) is 0 Å². The van der Waals surface area contributed by atoms with Gasteiger partial charge in [-0.2, -0.15) is 4.31 Å². The summed E-state index contributed by atoms with van der Waals surface area (Å²) >= 11 is 0. The summed E-state index contributed by atoms with van der Waals surface area (Å²) in [5, 5.41) is 14.3. The molecule has 14 nitrogen and oxygen atoms in total. The molecule has 0 saturated carbocycles. The molecule has 1 unspecified atom stereocenters. The largest absolute Gasteiger partial charge is 0.497 e. The van der Waals surface area contributed by atoms with Crippen molar-refractivity contribution < 1.29 is 56.0 Å². The van der Waals surface area contributed by atoms with Crippen LogP contribution in [0.15, 0.2) is 53.4 Å². The highest BCUT2D eigenvalue weighted by atomic mass is 32.2. The van der Waals surface area contributed by atoms with Gasteiger partial charge in [0.05, 0.1) is 49.9 Å². The van der Waals surface area contributed by atoms with Crippen molar-refractivity contribution in [2.75, 3.05) is 46.4 Å². The predicted molar refractivity (Wildman–Crippen MR) is 180 cm³/mol. The molecule has 274 valence electrons. The number of hydrogen-bond donors (Lipinski definition) is 3. The fourth-order valence-corrected chi connectivity index (χ4v) is 8.01. The number of ether oxygens (including phenoxy) is 5. The summed E-state index contributed by atoms with van der Waals surface area (Å²) in [6, 6.07) is 11.6. The summed E-state index contributed by atoms with van der Waals surface area (Å²) in [6.07, 6.45) is -1.32. The van der Waals surface area contributed by atoms with Crippen LogP contribution in [-0.2, 0) is 39.7 Å². The second-order valence-electron chi connectivity index (χ2n) is 12.6. The number of aliphatic hydroxyl groups is 1. The number of carbonyl (C=O) groups excluding carboxylic acids is 1. The summed E-state index contributed by atoms with van der Waals surface area (Å²) in [7, 11) is -6.48. The van der Waals surface area contributed by atoms with Crippen LogP contribution in [0.1, 0.15) is 45.6 Å². The molecule has 49 heavy (non-hydrogen) atoms. The van der Waals surface area contributed by atoms with Crippen LogP contribution in [0.4, 0.5) is 4.79 Å². The van der Waals surface area contributed by atoms with Gasteiger partial charge in [0.25, 0.3) is 0 Å². The van der Waals surface area contributed by atoms with Crippen molar-refractivity contribution in [1.82, 2.24) is 9.62 Å². The van der Waals surface area contributed by atoms with Crippen molar-refractivity contribution >= 4 is 23.7 Å². The Morgan fingerprint density at radius 3 is 2.43 bits per heavy atom.